The summed E-state index contributed by atoms with van der Waals surface area (Å²) in [4.78, 5) is 11.2. The van der Waals surface area contributed by atoms with E-state index in [1.54, 1.807) is 42.5 Å². The first-order valence-corrected chi connectivity index (χ1v) is 13.0. The van der Waals surface area contributed by atoms with Crippen molar-refractivity contribution in [3.63, 3.8) is 0 Å². The highest BCUT2D eigenvalue weighted by Crippen LogP contribution is 2.49. The van der Waals surface area contributed by atoms with Gasteiger partial charge >= 0.3 is 5.97 Å². The van der Waals surface area contributed by atoms with E-state index < -0.39 is 33.9 Å². The third kappa shape index (κ3) is 4.88. The zero-order valence-electron chi connectivity index (χ0n) is 20.2. The van der Waals surface area contributed by atoms with Gasteiger partial charge in [-0.15, -0.1) is 20.5 Å². The summed E-state index contributed by atoms with van der Waals surface area (Å²) in [5.74, 6) is -3.12. The fourth-order valence-electron chi connectivity index (χ4n) is 4.14. The molecule has 5 rings (SSSR count). The molecular weight excluding hydrogens is 540 g/mol. The summed E-state index contributed by atoms with van der Waals surface area (Å²) >= 11 is 0. The molecule has 13 heteroatoms. The molecule has 0 bridgehead atoms. The number of rotatable bonds is 6. The summed E-state index contributed by atoms with van der Waals surface area (Å²) in [5.41, 5.74) is 0.0650. The molecule has 0 unspecified atom stereocenters. The Bertz CT molecular complexity index is 1870. The fourth-order valence-corrected chi connectivity index (χ4v) is 4.87. The molecule has 0 heterocycles. The molecule has 0 saturated carbocycles. The Morgan fingerprint density at radius 3 is 1.62 bits per heavy atom. The number of hydrogen-bond donors (Lipinski definition) is 7. The number of carbonyl (C=O) groups is 1. The first kappa shape index (κ1) is 26.5. The van der Waals surface area contributed by atoms with Crippen LogP contribution in [-0.2, 0) is 0 Å². The SMILES string of the molecule is O=C(O)c1c(O)ccc(N=Nc2ccc(N=Nc3ccc4c(S(O)(O)O)cccc4c3O)c3ccccc23)c1O. The third-order valence-corrected chi connectivity index (χ3v) is 6.97. The third-order valence-electron chi connectivity index (χ3n) is 6.02. The average Bonchev–Trinajstić information content (AvgIpc) is 2.92. The minimum atomic E-state index is -4.01. The molecule has 7 N–H and O–H groups in total. The maximum atomic E-state index is 11.3. The lowest BCUT2D eigenvalue weighted by molar-refractivity contribution is 0.0690. The minimum Gasteiger partial charge on any atom is -0.507 e. The number of fused-ring (bicyclic) bond motifs is 2. The average molecular weight is 561 g/mol. The highest BCUT2D eigenvalue weighted by Gasteiger charge is 2.21. The van der Waals surface area contributed by atoms with Crippen molar-refractivity contribution < 1.29 is 38.9 Å². The van der Waals surface area contributed by atoms with Crippen LogP contribution in [0.1, 0.15) is 10.4 Å². The van der Waals surface area contributed by atoms with Gasteiger partial charge in [0.2, 0.25) is 0 Å². The highest BCUT2D eigenvalue weighted by atomic mass is 32.3. The van der Waals surface area contributed by atoms with Gasteiger partial charge in [0.25, 0.3) is 0 Å². The molecule has 12 nitrogen and oxygen atoms in total. The quantitative estimate of drug-likeness (QED) is 0.100. The van der Waals surface area contributed by atoms with E-state index in [4.69, 9.17) is 0 Å². The van der Waals surface area contributed by atoms with E-state index in [-0.39, 0.29) is 32.8 Å². The molecule has 0 spiro atoms. The Balaban J connectivity index is 1.52. The van der Waals surface area contributed by atoms with E-state index in [2.05, 4.69) is 20.5 Å². The van der Waals surface area contributed by atoms with Crippen molar-refractivity contribution in [2.75, 3.05) is 0 Å². The van der Waals surface area contributed by atoms with Gasteiger partial charge < -0.3 is 34.1 Å². The zero-order valence-corrected chi connectivity index (χ0v) is 21.1. The largest absolute Gasteiger partial charge is 0.507 e. The fraction of sp³-hybridized carbons (Fsp3) is 0. The van der Waals surface area contributed by atoms with Crippen molar-refractivity contribution >= 4 is 61.1 Å². The monoisotopic (exact) mass is 560 g/mol. The molecule has 40 heavy (non-hydrogen) atoms. The highest BCUT2D eigenvalue weighted by molar-refractivity contribution is 8.19. The van der Waals surface area contributed by atoms with Crippen LogP contribution < -0.4 is 0 Å². The predicted octanol–water partition coefficient (Wildman–Crippen LogP) is 8.22. The Labute approximate surface area is 227 Å². The van der Waals surface area contributed by atoms with Crippen LogP contribution in [0.25, 0.3) is 21.5 Å². The second kappa shape index (κ2) is 10.2. The lowest BCUT2D eigenvalue weighted by Gasteiger charge is -2.21. The number of carboxylic acids is 1. The van der Waals surface area contributed by atoms with Crippen molar-refractivity contribution in [1.82, 2.24) is 0 Å². The summed E-state index contributed by atoms with van der Waals surface area (Å²) in [5, 5.41) is 58.2. The Kier molecular flexibility index (Phi) is 6.79. The molecule has 0 fully saturated rings. The minimum absolute atomic E-state index is 0.101. The molecule has 0 aliphatic heterocycles. The van der Waals surface area contributed by atoms with E-state index in [9.17, 15) is 38.9 Å². The molecule has 0 radical (unpaired) electrons. The topological polar surface area (TPSA) is 208 Å². The van der Waals surface area contributed by atoms with Crippen LogP contribution in [0.2, 0.25) is 0 Å². The number of benzene rings is 5. The number of hydrogen-bond acceptors (Lipinski definition) is 11. The molecule has 0 atom stereocenters. The second-order valence-corrected chi connectivity index (χ2v) is 9.96. The molecule has 0 aromatic heterocycles. The molecule has 0 saturated heterocycles. The van der Waals surface area contributed by atoms with Crippen LogP contribution in [0.15, 0.2) is 104 Å². The summed E-state index contributed by atoms with van der Waals surface area (Å²) in [6, 6.07) is 19.8. The number of nitrogens with zero attached hydrogens (tertiary/aromatic N) is 4. The van der Waals surface area contributed by atoms with Crippen molar-refractivity contribution in [1.29, 1.82) is 0 Å². The van der Waals surface area contributed by atoms with Gasteiger partial charge in [-0.2, -0.15) is 0 Å². The van der Waals surface area contributed by atoms with Crippen LogP contribution in [0.5, 0.6) is 17.2 Å². The van der Waals surface area contributed by atoms with Crippen LogP contribution in [0.3, 0.4) is 0 Å². The first-order valence-electron chi connectivity index (χ1n) is 11.4. The predicted molar refractivity (Wildman–Crippen MR) is 148 cm³/mol. The van der Waals surface area contributed by atoms with Crippen LogP contribution in [-0.4, -0.2) is 40.1 Å². The number of aromatic hydroxyl groups is 3. The molecule has 202 valence electrons. The van der Waals surface area contributed by atoms with Crippen molar-refractivity contribution in [2.24, 2.45) is 20.5 Å². The second-order valence-electron chi connectivity index (χ2n) is 8.49. The van der Waals surface area contributed by atoms with Gasteiger partial charge in [-0.05, 0) is 36.4 Å². The molecule has 0 aliphatic carbocycles. The number of carboxylic acid groups (broad SMARTS) is 1. The van der Waals surface area contributed by atoms with E-state index in [1.807, 2.05) is 0 Å². The summed E-state index contributed by atoms with van der Waals surface area (Å²) in [6.07, 6.45) is 0. The Hall–Kier alpha value is -5.08. The number of aromatic carboxylic acids is 1. The molecule has 0 aliphatic rings. The Morgan fingerprint density at radius 2 is 1.05 bits per heavy atom. The van der Waals surface area contributed by atoms with E-state index >= 15 is 0 Å². The molecular formula is C27H20N4O8S. The van der Waals surface area contributed by atoms with Gasteiger partial charge in [-0.1, -0.05) is 42.5 Å². The Morgan fingerprint density at radius 1 is 0.550 bits per heavy atom. The van der Waals surface area contributed by atoms with Crippen LogP contribution in [0, 0.1) is 0 Å². The van der Waals surface area contributed by atoms with Gasteiger partial charge in [0.05, 0.1) is 16.3 Å². The molecule has 5 aromatic carbocycles. The van der Waals surface area contributed by atoms with Crippen LogP contribution >= 0.6 is 10.9 Å². The van der Waals surface area contributed by atoms with Gasteiger partial charge in [0.15, 0.2) is 11.5 Å². The number of phenolic OH excluding ortho intramolecular Hbond substituents is 1. The summed E-state index contributed by atoms with van der Waals surface area (Å²) < 4.78 is 29.1. The van der Waals surface area contributed by atoms with Crippen molar-refractivity contribution in [3.8, 4) is 17.2 Å². The maximum absolute atomic E-state index is 11.3. The smallest absolute Gasteiger partial charge is 0.343 e. The van der Waals surface area contributed by atoms with Crippen molar-refractivity contribution in [3.05, 3.63) is 84.4 Å². The zero-order chi connectivity index (χ0) is 28.6. The lowest BCUT2D eigenvalue weighted by Crippen LogP contribution is -1.97. The molecule has 0 amide bonds. The van der Waals surface area contributed by atoms with E-state index in [1.165, 1.54) is 30.3 Å². The van der Waals surface area contributed by atoms with Gasteiger partial charge in [0.1, 0.15) is 33.6 Å². The molecule has 5 aromatic rings. The standard InChI is InChI=1S/C27H20N4O8S/c32-22-13-12-21(26(34)24(22)27(35)36)31-29-19-11-10-18(14-4-1-2-5-15(14)19)28-30-20-9-8-16-17(25(20)33)6-3-7-23(16)40(37,38)39/h1-13,32-34,37-39H,(H,35,36). The maximum Gasteiger partial charge on any atom is 0.343 e. The van der Waals surface area contributed by atoms with E-state index in [0.29, 0.717) is 22.1 Å². The van der Waals surface area contributed by atoms with E-state index in [0.717, 1.165) is 6.07 Å². The summed E-state index contributed by atoms with van der Waals surface area (Å²) in [6.45, 7) is 0. The first-order chi connectivity index (χ1) is 19.1. The normalized spacial score (nSPS) is 12.6. The number of azo groups is 2. The van der Waals surface area contributed by atoms with Gasteiger partial charge in [-0.3, -0.25) is 0 Å². The lowest BCUT2D eigenvalue weighted by atomic mass is 10.1. The van der Waals surface area contributed by atoms with Crippen molar-refractivity contribution in [2.45, 2.75) is 4.90 Å². The van der Waals surface area contributed by atoms with Gasteiger partial charge in [0, 0.05) is 21.5 Å². The van der Waals surface area contributed by atoms with Crippen LogP contribution in [0.4, 0.5) is 22.7 Å². The summed E-state index contributed by atoms with van der Waals surface area (Å²) in [7, 11) is -4.01. The van der Waals surface area contributed by atoms with Gasteiger partial charge in [-0.25, -0.2) is 4.79 Å². The number of phenols is 3.